The van der Waals surface area contributed by atoms with Crippen LogP contribution in [0, 0.1) is 0 Å². The van der Waals surface area contributed by atoms with Crippen molar-refractivity contribution in [1.29, 1.82) is 0 Å². The molecule has 186 valence electrons. The van der Waals surface area contributed by atoms with Gasteiger partial charge in [-0.3, -0.25) is 4.79 Å². The van der Waals surface area contributed by atoms with Crippen LogP contribution in [-0.4, -0.2) is 29.0 Å². The van der Waals surface area contributed by atoms with Crippen LogP contribution in [0.5, 0.6) is 0 Å². The van der Waals surface area contributed by atoms with Crippen molar-refractivity contribution in [3.05, 3.63) is 123 Å². The number of benzene rings is 3. The summed E-state index contributed by atoms with van der Waals surface area (Å²) in [5.41, 5.74) is 2.39. The molecule has 1 N–H and O–H groups in total. The molecule has 9 heteroatoms. The van der Waals surface area contributed by atoms with Crippen LogP contribution in [0.1, 0.15) is 26.5 Å². The highest BCUT2D eigenvalue weighted by Crippen LogP contribution is 2.28. The van der Waals surface area contributed by atoms with Crippen molar-refractivity contribution in [3.63, 3.8) is 0 Å². The molecule has 3 aromatic carbocycles. The van der Waals surface area contributed by atoms with Crippen LogP contribution in [0.15, 0.2) is 95.9 Å². The number of sulfone groups is 1. The number of aromatic nitrogens is 2. The largest absolute Gasteiger partial charge is 0.477 e. The quantitative estimate of drug-likeness (QED) is 0.303. The van der Waals surface area contributed by atoms with E-state index in [-0.39, 0.29) is 28.6 Å². The second-order valence-corrected chi connectivity index (χ2v) is 11.7. The normalized spacial score (nSPS) is 11.6. The molecule has 0 unspecified atom stereocenters. The first-order valence-corrected chi connectivity index (χ1v) is 14.1. The molecule has 0 atom stereocenters. The van der Waals surface area contributed by atoms with Crippen LogP contribution < -0.4 is 5.43 Å². The zero-order chi connectivity index (χ0) is 26.0. The Bertz CT molecular complexity index is 1760. The summed E-state index contributed by atoms with van der Waals surface area (Å²) >= 11 is 1.10. The molecule has 0 radical (unpaired) electrons. The van der Waals surface area contributed by atoms with E-state index < -0.39 is 26.8 Å². The first kappa shape index (κ1) is 24.6. The lowest BCUT2D eigenvalue weighted by atomic mass is 9.99. The van der Waals surface area contributed by atoms with Gasteiger partial charge < -0.3 is 9.67 Å². The van der Waals surface area contributed by atoms with Gasteiger partial charge in [0.25, 0.3) is 0 Å². The lowest BCUT2D eigenvalue weighted by Crippen LogP contribution is -2.19. The number of thiazole rings is 1. The summed E-state index contributed by atoms with van der Waals surface area (Å²) in [5.74, 6) is -1.86. The van der Waals surface area contributed by atoms with Gasteiger partial charge in [0.15, 0.2) is 9.84 Å². The minimum absolute atomic E-state index is 0.0352. The molecule has 0 bridgehead atoms. The molecule has 0 saturated carbocycles. The topological polar surface area (TPSA) is 106 Å². The Balaban J connectivity index is 1.57. The van der Waals surface area contributed by atoms with Gasteiger partial charge in [0, 0.05) is 12.7 Å². The zero-order valence-electron chi connectivity index (χ0n) is 19.6. The van der Waals surface area contributed by atoms with Crippen molar-refractivity contribution in [2.75, 3.05) is 0 Å². The van der Waals surface area contributed by atoms with Crippen molar-refractivity contribution in [3.8, 4) is 11.1 Å². The van der Waals surface area contributed by atoms with Crippen molar-refractivity contribution >= 4 is 37.5 Å². The van der Waals surface area contributed by atoms with Gasteiger partial charge in [0.05, 0.1) is 5.75 Å². The molecule has 0 aliphatic rings. The number of hydrogen-bond donors (Lipinski definition) is 1. The van der Waals surface area contributed by atoms with E-state index in [0.29, 0.717) is 10.4 Å². The van der Waals surface area contributed by atoms with Crippen LogP contribution in [-0.2, 0) is 27.9 Å². The number of rotatable bonds is 8. The molecular weight excluding hydrogens is 508 g/mol. The van der Waals surface area contributed by atoms with Crippen LogP contribution in [0.4, 0.5) is 0 Å². The molecule has 0 aliphatic carbocycles. The van der Waals surface area contributed by atoms with E-state index in [0.717, 1.165) is 28.0 Å². The van der Waals surface area contributed by atoms with Gasteiger partial charge in [-0.25, -0.2) is 18.2 Å². The highest BCUT2D eigenvalue weighted by Gasteiger charge is 2.22. The second-order valence-electron chi connectivity index (χ2n) is 8.61. The number of pyridine rings is 1. The summed E-state index contributed by atoms with van der Waals surface area (Å²) in [6.45, 7) is 0.278. The molecule has 2 heterocycles. The van der Waals surface area contributed by atoms with Gasteiger partial charge in [0.2, 0.25) is 5.43 Å². The predicted molar refractivity (Wildman–Crippen MR) is 145 cm³/mol. The van der Waals surface area contributed by atoms with Crippen LogP contribution >= 0.6 is 11.3 Å². The molecule has 5 rings (SSSR count). The summed E-state index contributed by atoms with van der Waals surface area (Å²) in [6, 6.07) is 26.4. The summed E-state index contributed by atoms with van der Waals surface area (Å²) < 4.78 is 27.4. The maximum absolute atomic E-state index is 12.9. The maximum atomic E-state index is 12.9. The highest BCUT2D eigenvalue weighted by atomic mass is 32.2. The minimum atomic E-state index is -3.57. The smallest absolute Gasteiger partial charge is 0.341 e. The zero-order valence-corrected chi connectivity index (χ0v) is 21.2. The number of nitrogens with zero attached hydrogens (tertiary/aromatic N) is 2. The van der Waals surface area contributed by atoms with Crippen LogP contribution in [0.2, 0.25) is 0 Å². The van der Waals surface area contributed by atoms with Gasteiger partial charge in [-0.15, -0.1) is 0 Å². The average Bonchev–Trinajstić information content (AvgIpc) is 3.30. The maximum Gasteiger partial charge on any atom is 0.341 e. The molecule has 7 nitrogen and oxygen atoms in total. The number of fused-ring (bicyclic) bond motifs is 1. The Morgan fingerprint density at radius 3 is 2.24 bits per heavy atom. The lowest BCUT2D eigenvalue weighted by molar-refractivity contribution is 0.0694. The lowest BCUT2D eigenvalue weighted by Gasteiger charge is -2.13. The van der Waals surface area contributed by atoms with Gasteiger partial charge in [0.1, 0.15) is 26.7 Å². The Morgan fingerprint density at radius 2 is 1.54 bits per heavy atom. The molecule has 0 saturated heterocycles. The van der Waals surface area contributed by atoms with Gasteiger partial charge in [-0.2, -0.15) is 0 Å². The molecule has 5 aromatic rings. The van der Waals surface area contributed by atoms with Crippen LogP contribution in [0.3, 0.4) is 0 Å². The molecule has 37 heavy (non-hydrogen) atoms. The monoisotopic (exact) mass is 530 g/mol. The van der Waals surface area contributed by atoms with E-state index >= 15 is 0 Å². The summed E-state index contributed by atoms with van der Waals surface area (Å²) in [7, 11) is -3.57. The van der Waals surface area contributed by atoms with E-state index in [1.807, 2.05) is 60.7 Å². The molecule has 0 spiro atoms. The van der Waals surface area contributed by atoms with E-state index in [4.69, 9.17) is 0 Å². The highest BCUT2D eigenvalue weighted by molar-refractivity contribution is 7.90. The average molecular weight is 531 g/mol. The number of hydrogen-bond acceptors (Lipinski definition) is 6. The molecular formula is C28H22N2O5S2. The number of carboxylic acid groups (broad SMARTS) is 1. The summed E-state index contributed by atoms with van der Waals surface area (Å²) in [5, 5.41) is 9.92. The van der Waals surface area contributed by atoms with E-state index in [1.54, 1.807) is 28.8 Å². The third-order valence-electron chi connectivity index (χ3n) is 5.91. The number of aromatic carboxylic acids is 1. The summed E-state index contributed by atoms with van der Waals surface area (Å²) in [4.78, 5) is 29.5. The SMILES string of the molecule is O=C(O)c1cn(Cc2ccccc2-c2ccccc2)c2sc(CS(=O)(=O)Cc3ccccc3)nc2c1=O. The van der Waals surface area contributed by atoms with E-state index in [9.17, 15) is 23.1 Å². The fraction of sp³-hybridized carbons (Fsp3) is 0.107. The first-order valence-electron chi connectivity index (χ1n) is 11.4. The Morgan fingerprint density at radius 1 is 0.892 bits per heavy atom. The van der Waals surface area contributed by atoms with E-state index in [2.05, 4.69) is 4.98 Å². The fourth-order valence-electron chi connectivity index (χ4n) is 4.24. The Kier molecular flexibility index (Phi) is 6.73. The van der Waals surface area contributed by atoms with Gasteiger partial charge >= 0.3 is 5.97 Å². The predicted octanol–water partition coefficient (Wildman–Crippen LogP) is 4.99. The van der Waals surface area contributed by atoms with Crippen molar-refractivity contribution < 1.29 is 18.3 Å². The molecule has 0 fully saturated rings. The molecule has 2 aromatic heterocycles. The molecule has 0 aliphatic heterocycles. The minimum Gasteiger partial charge on any atom is -0.477 e. The van der Waals surface area contributed by atoms with Crippen molar-refractivity contribution in [2.24, 2.45) is 0 Å². The Labute approximate surface area is 217 Å². The van der Waals surface area contributed by atoms with E-state index in [1.165, 1.54) is 6.20 Å². The Hall–Kier alpha value is -4.08. The first-order chi connectivity index (χ1) is 17.8. The third-order valence-corrected chi connectivity index (χ3v) is 8.67. The second kappa shape index (κ2) is 10.1. The van der Waals surface area contributed by atoms with Crippen molar-refractivity contribution in [2.45, 2.75) is 18.1 Å². The molecule has 0 amide bonds. The number of carbonyl (C=O) groups is 1. The summed E-state index contributed by atoms with van der Waals surface area (Å²) in [6.07, 6.45) is 1.31. The van der Waals surface area contributed by atoms with Gasteiger partial charge in [-0.05, 0) is 22.3 Å². The van der Waals surface area contributed by atoms with Crippen molar-refractivity contribution in [1.82, 2.24) is 9.55 Å². The third kappa shape index (κ3) is 5.37. The standard InChI is InChI=1S/C28H22N2O5S2/c31-26-23(28(32)33)16-30(15-21-13-7-8-14-22(21)20-11-5-2-6-12-20)27-25(26)29-24(36-27)18-37(34,35)17-19-9-3-1-4-10-19/h1-14,16H,15,17-18H2,(H,32,33). The van der Waals surface area contributed by atoms with Crippen LogP contribution in [0.25, 0.3) is 21.5 Å². The van der Waals surface area contributed by atoms with Gasteiger partial charge in [-0.1, -0.05) is 96.3 Å². The fourth-order valence-corrected chi connectivity index (χ4v) is 7.09. The number of carboxylic acids is 1.